The van der Waals surface area contributed by atoms with Crippen LogP contribution in [0.25, 0.3) is 11.2 Å². The van der Waals surface area contributed by atoms with Crippen LogP contribution < -0.4 is 5.32 Å². The summed E-state index contributed by atoms with van der Waals surface area (Å²) >= 11 is 0. The van der Waals surface area contributed by atoms with Crippen LogP contribution in [0.3, 0.4) is 0 Å². The number of nitrogens with one attached hydrogen (secondary N) is 2. The summed E-state index contributed by atoms with van der Waals surface area (Å²) in [6.45, 7) is 1.51. The van der Waals surface area contributed by atoms with E-state index in [0.29, 0.717) is 11.2 Å². The number of aromatic amines is 1. The first-order valence-electron chi connectivity index (χ1n) is 4.32. The first-order valence-corrected chi connectivity index (χ1v) is 4.32. The van der Waals surface area contributed by atoms with Gasteiger partial charge in [-0.3, -0.25) is 4.79 Å². The summed E-state index contributed by atoms with van der Waals surface area (Å²) in [4.78, 5) is 25.3. The predicted octanol–water partition coefficient (Wildman–Crippen LogP) is 0.238. The lowest BCUT2D eigenvalue weighted by Crippen LogP contribution is -2.26. The maximum absolute atomic E-state index is 10.6. The largest absolute Gasteiger partial charge is 0.480 e. The molecule has 0 fully saturated rings. The molecule has 0 radical (unpaired) electrons. The second kappa shape index (κ2) is 3.52. The monoisotopic (exact) mass is 207 g/mol. The van der Waals surface area contributed by atoms with E-state index in [9.17, 15) is 4.79 Å². The van der Waals surface area contributed by atoms with Crippen LogP contribution in [-0.4, -0.2) is 37.1 Å². The van der Waals surface area contributed by atoms with Gasteiger partial charge in [0.25, 0.3) is 0 Å². The van der Waals surface area contributed by atoms with Crippen LogP contribution in [0.5, 0.6) is 0 Å². The summed E-state index contributed by atoms with van der Waals surface area (Å²) in [6.07, 6.45) is 3.05. The molecule has 2 aromatic rings. The van der Waals surface area contributed by atoms with Gasteiger partial charge in [-0.05, 0) is 6.92 Å². The van der Waals surface area contributed by atoms with Gasteiger partial charge in [0.1, 0.15) is 11.6 Å². The van der Waals surface area contributed by atoms with Crippen LogP contribution in [0, 0.1) is 0 Å². The number of anilines is 1. The molecular formula is C8H9N5O2. The zero-order valence-corrected chi connectivity index (χ0v) is 7.93. The quantitative estimate of drug-likeness (QED) is 0.665. The van der Waals surface area contributed by atoms with Gasteiger partial charge in [-0.15, -0.1) is 0 Å². The number of aromatic nitrogens is 4. The van der Waals surface area contributed by atoms with Crippen molar-refractivity contribution in [1.82, 2.24) is 19.9 Å². The number of rotatable bonds is 3. The molecule has 0 bridgehead atoms. The van der Waals surface area contributed by atoms with E-state index in [4.69, 9.17) is 5.11 Å². The molecule has 0 saturated carbocycles. The molecule has 2 heterocycles. The van der Waals surface area contributed by atoms with Gasteiger partial charge in [0.15, 0.2) is 5.65 Å². The van der Waals surface area contributed by atoms with Crippen molar-refractivity contribution < 1.29 is 9.90 Å². The fourth-order valence-corrected chi connectivity index (χ4v) is 1.06. The molecule has 7 nitrogen and oxygen atoms in total. The molecule has 0 spiro atoms. The van der Waals surface area contributed by atoms with Gasteiger partial charge in [-0.25, -0.2) is 9.97 Å². The van der Waals surface area contributed by atoms with Gasteiger partial charge in [-0.1, -0.05) is 0 Å². The van der Waals surface area contributed by atoms with Crippen LogP contribution in [0.4, 0.5) is 5.95 Å². The van der Waals surface area contributed by atoms with E-state index in [1.165, 1.54) is 13.3 Å². The van der Waals surface area contributed by atoms with Gasteiger partial charge in [0, 0.05) is 0 Å². The number of aliphatic carboxylic acids is 1. The fraction of sp³-hybridized carbons (Fsp3) is 0.250. The van der Waals surface area contributed by atoms with E-state index >= 15 is 0 Å². The zero-order chi connectivity index (χ0) is 10.8. The van der Waals surface area contributed by atoms with Gasteiger partial charge >= 0.3 is 5.97 Å². The second-order valence-electron chi connectivity index (χ2n) is 3.04. The lowest BCUT2D eigenvalue weighted by Gasteiger charge is -2.07. The van der Waals surface area contributed by atoms with Crippen molar-refractivity contribution in [2.45, 2.75) is 13.0 Å². The molecule has 2 rings (SSSR count). The third kappa shape index (κ3) is 1.85. The normalized spacial score (nSPS) is 12.6. The summed E-state index contributed by atoms with van der Waals surface area (Å²) in [5.41, 5.74) is 1.22. The summed E-state index contributed by atoms with van der Waals surface area (Å²) in [5.74, 6) is -0.703. The van der Waals surface area contributed by atoms with E-state index in [-0.39, 0.29) is 5.95 Å². The molecule has 15 heavy (non-hydrogen) atoms. The minimum atomic E-state index is -0.958. The van der Waals surface area contributed by atoms with Crippen LogP contribution >= 0.6 is 0 Å². The summed E-state index contributed by atoms with van der Waals surface area (Å²) in [5, 5.41) is 11.3. The number of imidazole rings is 1. The minimum Gasteiger partial charge on any atom is -0.480 e. The van der Waals surface area contributed by atoms with Gasteiger partial charge in [-0.2, -0.15) is 4.98 Å². The third-order valence-electron chi connectivity index (χ3n) is 1.89. The molecular weight excluding hydrogens is 198 g/mol. The highest BCUT2D eigenvalue weighted by Crippen LogP contribution is 2.07. The highest BCUT2D eigenvalue weighted by atomic mass is 16.4. The molecule has 3 N–H and O–H groups in total. The molecule has 0 aliphatic heterocycles. The third-order valence-corrected chi connectivity index (χ3v) is 1.89. The maximum atomic E-state index is 10.6. The van der Waals surface area contributed by atoms with E-state index in [2.05, 4.69) is 25.3 Å². The first-order chi connectivity index (χ1) is 7.16. The Balaban J connectivity index is 2.24. The Morgan fingerprint density at radius 1 is 1.60 bits per heavy atom. The average Bonchev–Trinajstić information content (AvgIpc) is 2.64. The van der Waals surface area contributed by atoms with Crippen molar-refractivity contribution in [1.29, 1.82) is 0 Å². The maximum Gasteiger partial charge on any atom is 0.325 e. The molecule has 0 aromatic carbocycles. The molecule has 0 aliphatic carbocycles. The smallest absolute Gasteiger partial charge is 0.325 e. The van der Waals surface area contributed by atoms with Gasteiger partial charge < -0.3 is 15.4 Å². The number of fused-ring (bicyclic) bond motifs is 1. The molecule has 0 saturated heterocycles. The first kappa shape index (κ1) is 9.38. The Hall–Kier alpha value is -2.18. The molecule has 0 unspecified atom stereocenters. The summed E-state index contributed by atoms with van der Waals surface area (Å²) in [6, 6.07) is -0.735. The number of hydrogen-bond donors (Lipinski definition) is 3. The lowest BCUT2D eigenvalue weighted by atomic mass is 10.3. The number of H-pyrrole nitrogens is 1. The average molecular weight is 207 g/mol. The number of carbonyl (C=O) groups is 1. The lowest BCUT2D eigenvalue weighted by molar-refractivity contribution is -0.137. The van der Waals surface area contributed by atoms with E-state index in [1.807, 2.05) is 0 Å². The van der Waals surface area contributed by atoms with Gasteiger partial charge in [0.05, 0.1) is 12.5 Å². The van der Waals surface area contributed by atoms with Crippen LogP contribution in [0.2, 0.25) is 0 Å². The van der Waals surface area contributed by atoms with Crippen molar-refractivity contribution in [2.24, 2.45) is 0 Å². The number of carboxylic acids is 1. The van der Waals surface area contributed by atoms with E-state index < -0.39 is 12.0 Å². The highest BCUT2D eigenvalue weighted by molar-refractivity contribution is 5.76. The van der Waals surface area contributed by atoms with Crippen LogP contribution in [0.15, 0.2) is 12.5 Å². The Morgan fingerprint density at radius 2 is 2.40 bits per heavy atom. The molecule has 0 amide bonds. The summed E-state index contributed by atoms with van der Waals surface area (Å²) in [7, 11) is 0. The van der Waals surface area contributed by atoms with Gasteiger partial charge in [0.2, 0.25) is 5.95 Å². The SMILES string of the molecule is C[C@H](Nc1ncc2[nH]cnc2n1)C(=O)O. The second-order valence-corrected chi connectivity index (χ2v) is 3.04. The Kier molecular flexibility index (Phi) is 2.20. The standard InChI is InChI=1S/C8H9N5O2/c1-4(7(14)15)12-8-9-2-5-6(13-8)11-3-10-5/h2-4H,1H3,(H,14,15)(H2,9,10,11,12,13)/t4-/m0/s1. The van der Waals surface area contributed by atoms with Crippen molar-refractivity contribution in [3.8, 4) is 0 Å². The van der Waals surface area contributed by atoms with Crippen LogP contribution in [-0.2, 0) is 4.79 Å². The number of nitrogens with zero attached hydrogens (tertiary/aromatic N) is 3. The van der Waals surface area contributed by atoms with Crippen LogP contribution in [0.1, 0.15) is 6.92 Å². The number of hydrogen-bond acceptors (Lipinski definition) is 5. The highest BCUT2D eigenvalue weighted by Gasteiger charge is 2.12. The Morgan fingerprint density at radius 3 is 3.13 bits per heavy atom. The van der Waals surface area contributed by atoms with E-state index in [0.717, 1.165) is 0 Å². The molecule has 78 valence electrons. The molecule has 1 atom stereocenters. The van der Waals surface area contributed by atoms with Crippen molar-refractivity contribution in [3.05, 3.63) is 12.5 Å². The van der Waals surface area contributed by atoms with E-state index in [1.54, 1.807) is 6.20 Å². The van der Waals surface area contributed by atoms with Crippen molar-refractivity contribution in [3.63, 3.8) is 0 Å². The number of carboxylic acid groups (broad SMARTS) is 1. The Labute approximate surface area is 84.6 Å². The zero-order valence-electron chi connectivity index (χ0n) is 7.93. The van der Waals surface area contributed by atoms with Crippen molar-refractivity contribution >= 4 is 23.1 Å². The minimum absolute atomic E-state index is 0.254. The topological polar surface area (TPSA) is 104 Å². The molecule has 0 aliphatic rings. The molecule has 2 aromatic heterocycles. The van der Waals surface area contributed by atoms with Crippen molar-refractivity contribution in [2.75, 3.05) is 5.32 Å². The predicted molar refractivity (Wildman–Crippen MR) is 52.4 cm³/mol. The Bertz CT molecular complexity index is 494. The fourth-order valence-electron chi connectivity index (χ4n) is 1.06. The molecule has 7 heteroatoms. The summed E-state index contributed by atoms with van der Waals surface area (Å²) < 4.78 is 0.